The quantitative estimate of drug-likeness (QED) is 0.486. The maximum atomic E-state index is 11.8. The monoisotopic (exact) mass is 107 g/mol. The summed E-state index contributed by atoms with van der Waals surface area (Å²) in [6, 6.07) is -2.67. The van der Waals surface area contributed by atoms with Crippen molar-refractivity contribution in [2.24, 2.45) is 0 Å². The van der Waals surface area contributed by atoms with E-state index in [1.54, 1.807) is 0 Å². The number of rotatable bonds is 2. The molecule has 0 amide bonds. The molecule has 2 nitrogen and oxygen atoms in total. The molecule has 1 radical (unpaired) electrons. The SMILES string of the molecule is CCC([O])(F)OC. The molecule has 1 unspecified atom stereocenters. The zero-order valence-corrected chi connectivity index (χ0v) is 4.40. The fraction of sp³-hybridized carbons (Fsp3) is 1.00. The molecule has 0 aliphatic rings. The lowest BCUT2D eigenvalue weighted by molar-refractivity contribution is -0.311. The molecular formula is C4H8FO2. The Bertz CT molecular complexity index is 47.7. The molecule has 3 heteroatoms. The minimum atomic E-state index is -2.67. The Labute approximate surface area is 41.9 Å². The zero-order chi connectivity index (χ0) is 5.91. The maximum Gasteiger partial charge on any atom is 0.347 e. The standard InChI is InChI=1S/C4H8FO2/c1-3-4(5,6)7-2/h3H2,1-2H3. The van der Waals surface area contributed by atoms with Crippen LogP contribution in [0.3, 0.4) is 0 Å². The van der Waals surface area contributed by atoms with Gasteiger partial charge in [0.2, 0.25) is 0 Å². The Balaban J connectivity index is 3.36. The van der Waals surface area contributed by atoms with E-state index in [2.05, 4.69) is 4.74 Å². The van der Waals surface area contributed by atoms with Gasteiger partial charge < -0.3 is 4.74 Å². The molecule has 7 heavy (non-hydrogen) atoms. The predicted octanol–water partition coefficient (Wildman–Crippen LogP) is 1.10. The molecule has 0 spiro atoms. The van der Waals surface area contributed by atoms with Crippen molar-refractivity contribution in [2.75, 3.05) is 7.11 Å². The molecule has 0 heterocycles. The number of alkyl halides is 1. The van der Waals surface area contributed by atoms with E-state index < -0.39 is 6.04 Å². The second-order valence-corrected chi connectivity index (χ2v) is 1.22. The molecule has 0 aliphatic heterocycles. The maximum absolute atomic E-state index is 11.8. The molecule has 0 aromatic heterocycles. The van der Waals surface area contributed by atoms with E-state index in [0.717, 1.165) is 7.11 Å². The first-order valence-electron chi connectivity index (χ1n) is 2.07. The van der Waals surface area contributed by atoms with Crippen molar-refractivity contribution in [1.82, 2.24) is 0 Å². The molecule has 0 rings (SSSR count). The Morgan fingerprint density at radius 2 is 2.29 bits per heavy atom. The molecule has 0 fully saturated rings. The van der Waals surface area contributed by atoms with Gasteiger partial charge in [0.05, 0.1) is 0 Å². The first-order chi connectivity index (χ1) is 3.12. The van der Waals surface area contributed by atoms with Crippen molar-refractivity contribution in [1.29, 1.82) is 0 Å². The first kappa shape index (κ1) is 6.85. The summed E-state index contributed by atoms with van der Waals surface area (Å²) >= 11 is 0. The third-order valence-electron chi connectivity index (χ3n) is 0.727. The van der Waals surface area contributed by atoms with Gasteiger partial charge in [-0.15, -0.1) is 0 Å². The Morgan fingerprint density at radius 1 is 1.86 bits per heavy atom. The molecule has 1 atom stereocenters. The topological polar surface area (TPSA) is 29.1 Å². The summed E-state index contributed by atoms with van der Waals surface area (Å²) in [7, 11) is 1.05. The van der Waals surface area contributed by atoms with Crippen LogP contribution in [0.2, 0.25) is 0 Å². The van der Waals surface area contributed by atoms with E-state index >= 15 is 0 Å². The Morgan fingerprint density at radius 3 is 2.29 bits per heavy atom. The Hall–Kier alpha value is -0.150. The van der Waals surface area contributed by atoms with Gasteiger partial charge in [-0.25, -0.2) is 0 Å². The van der Waals surface area contributed by atoms with Crippen LogP contribution in [-0.2, 0) is 9.84 Å². The van der Waals surface area contributed by atoms with Gasteiger partial charge in [0, 0.05) is 13.5 Å². The fourth-order valence-electron chi connectivity index (χ4n) is 0.144. The summed E-state index contributed by atoms with van der Waals surface area (Å²) < 4.78 is 15.6. The van der Waals surface area contributed by atoms with E-state index in [1.807, 2.05) is 0 Å². The molecule has 0 aliphatic carbocycles. The third kappa shape index (κ3) is 2.53. The van der Waals surface area contributed by atoms with Crippen LogP contribution in [0.5, 0.6) is 0 Å². The zero-order valence-electron chi connectivity index (χ0n) is 4.40. The highest BCUT2D eigenvalue weighted by molar-refractivity contribution is 4.40. The summed E-state index contributed by atoms with van der Waals surface area (Å²) in [5.74, 6) is 0. The van der Waals surface area contributed by atoms with Crippen molar-refractivity contribution < 1.29 is 14.2 Å². The molecule has 0 aromatic carbocycles. The van der Waals surface area contributed by atoms with Crippen LogP contribution in [0.15, 0.2) is 0 Å². The number of methoxy groups -OCH3 is 1. The highest BCUT2D eigenvalue weighted by Gasteiger charge is 2.23. The first-order valence-corrected chi connectivity index (χ1v) is 2.07. The van der Waals surface area contributed by atoms with Crippen LogP contribution in [0.25, 0.3) is 0 Å². The van der Waals surface area contributed by atoms with Gasteiger partial charge in [0.1, 0.15) is 0 Å². The molecule has 43 valence electrons. The van der Waals surface area contributed by atoms with Gasteiger partial charge in [-0.1, -0.05) is 6.92 Å². The summed E-state index contributed by atoms with van der Waals surface area (Å²) in [5, 5.41) is 9.95. The van der Waals surface area contributed by atoms with Crippen LogP contribution in [0.4, 0.5) is 4.39 Å². The molecular weight excluding hydrogens is 99.0 g/mol. The van der Waals surface area contributed by atoms with E-state index in [-0.39, 0.29) is 6.42 Å². The van der Waals surface area contributed by atoms with Crippen LogP contribution in [0.1, 0.15) is 13.3 Å². The average Bonchev–Trinajstić information content (AvgIpc) is 1.68. The lowest BCUT2D eigenvalue weighted by Gasteiger charge is -2.08. The van der Waals surface area contributed by atoms with Crippen LogP contribution in [0, 0.1) is 0 Å². The molecule has 0 N–H and O–H groups in total. The number of ether oxygens (including phenoxy) is 1. The van der Waals surface area contributed by atoms with Gasteiger partial charge >= 0.3 is 6.04 Å². The minimum absolute atomic E-state index is 0.149. The second-order valence-electron chi connectivity index (χ2n) is 1.22. The van der Waals surface area contributed by atoms with Crippen molar-refractivity contribution in [3.05, 3.63) is 0 Å². The van der Waals surface area contributed by atoms with Crippen molar-refractivity contribution in [2.45, 2.75) is 19.4 Å². The van der Waals surface area contributed by atoms with Crippen LogP contribution in [-0.4, -0.2) is 13.2 Å². The van der Waals surface area contributed by atoms with Crippen LogP contribution < -0.4 is 0 Å². The van der Waals surface area contributed by atoms with Gasteiger partial charge in [0.15, 0.2) is 0 Å². The molecule has 0 saturated heterocycles. The van der Waals surface area contributed by atoms with Crippen molar-refractivity contribution in [3.8, 4) is 0 Å². The summed E-state index contributed by atoms with van der Waals surface area (Å²) in [5.41, 5.74) is 0. The molecule has 0 bridgehead atoms. The second kappa shape index (κ2) is 2.23. The number of hydrogen-bond donors (Lipinski definition) is 0. The van der Waals surface area contributed by atoms with Crippen molar-refractivity contribution >= 4 is 0 Å². The third-order valence-corrected chi connectivity index (χ3v) is 0.727. The highest BCUT2D eigenvalue weighted by Crippen LogP contribution is 2.11. The summed E-state index contributed by atoms with van der Waals surface area (Å²) in [6.07, 6.45) is -0.149. The largest absolute Gasteiger partial charge is 0.347 e. The smallest absolute Gasteiger partial charge is 0.326 e. The summed E-state index contributed by atoms with van der Waals surface area (Å²) in [4.78, 5) is 0. The van der Waals surface area contributed by atoms with E-state index in [9.17, 15) is 9.50 Å². The lowest BCUT2D eigenvalue weighted by Crippen LogP contribution is -2.20. The minimum Gasteiger partial charge on any atom is -0.326 e. The van der Waals surface area contributed by atoms with Crippen molar-refractivity contribution in [3.63, 3.8) is 0 Å². The fourth-order valence-corrected chi connectivity index (χ4v) is 0.144. The molecule has 0 aromatic rings. The summed E-state index contributed by atoms with van der Waals surface area (Å²) in [6.45, 7) is 1.43. The predicted molar refractivity (Wildman–Crippen MR) is 21.8 cm³/mol. The number of halogens is 1. The van der Waals surface area contributed by atoms with Gasteiger partial charge in [-0.2, -0.15) is 9.50 Å². The number of hydrogen-bond acceptors (Lipinski definition) is 1. The Kier molecular flexibility index (Phi) is 2.19. The average molecular weight is 107 g/mol. The van der Waals surface area contributed by atoms with E-state index in [4.69, 9.17) is 0 Å². The van der Waals surface area contributed by atoms with E-state index in [0.29, 0.717) is 0 Å². The van der Waals surface area contributed by atoms with Crippen LogP contribution >= 0.6 is 0 Å². The highest BCUT2D eigenvalue weighted by atomic mass is 19.2. The van der Waals surface area contributed by atoms with Gasteiger partial charge in [-0.3, -0.25) is 0 Å². The van der Waals surface area contributed by atoms with E-state index in [1.165, 1.54) is 6.92 Å². The van der Waals surface area contributed by atoms with Gasteiger partial charge in [0.25, 0.3) is 0 Å². The van der Waals surface area contributed by atoms with Gasteiger partial charge in [-0.05, 0) is 0 Å². The molecule has 0 saturated carbocycles. The lowest BCUT2D eigenvalue weighted by atomic mass is 10.4. The normalized spacial score (nSPS) is 18.9.